The fourth-order valence-electron chi connectivity index (χ4n) is 4.47. The third-order valence-corrected chi connectivity index (χ3v) is 8.06. The molecule has 1 saturated carbocycles. The van der Waals surface area contributed by atoms with Crippen molar-refractivity contribution in [2.45, 2.75) is 62.7 Å². The number of aromatic amines is 1. The maximum absolute atomic E-state index is 13.2. The van der Waals surface area contributed by atoms with Gasteiger partial charge in [-0.2, -0.15) is 9.46 Å². The molecule has 3 N–H and O–H groups in total. The fourth-order valence-corrected chi connectivity index (χ4v) is 5.99. The SMILES string of the molecule is NS(=O)(=Nc1c[nH]nc1C1CCCO1)C1CCC2(CCOCC2)CC1. The monoisotopic (exact) mass is 368 g/mol. The van der Waals surface area contributed by atoms with Gasteiger partial charge in [0.2, 0.25) is 0 Å². The topological polar surface area (TPSA) is 103 Å². The van der Waals surface area contributed by atoms with Gasteiger partial charge >= 0.3 is 0 Å². The van der Waals surface area contributed by atoms with E-state index in [0.29, 0.717) is 11.1 Å². The molecule has 140 valence electrons. The predicted octanol–water partition coefficient (Wildman–Crippen LogP) is 2.97. The summed E-state index contributed by atoms with van der Waals surface area (Å²) in [7, 11) is -2.79. The van der Waals surface area contributed by atoms with Crippen LogP contribution in [0.1, 0.15) is 63.2 Å². The third kappa shape index (κ3) is 3.63. The number of nitrogens with two attached hydrogens (primary N) is 1. The van der Waals surface area contributed by atoms with Gasteiger partial charge in [0.15, 0.2) is 0 Å². The van der Waals surface area contributed by atoms with Crippen molar-refractivity contribution >= 4 is 15.6 Å². The molecule has 1 aliphatic carbocycles. The van der Waals surface area contributed by atoms with Crippen molar-refractivity contribution in [3.8, 4) is 0 Å². The van der Waals surface area contributed by atoms with Gasteiger partial charge in [-0.1, -0.05) is 0 Å². The summed E-state index contributed by atoms with van der Waals surface area (Å²) in [6, 6.07) is 0. The van der Waals surface area contributed by atoms with Crippen LogP contribution >= 0.6 is 0 Å². The molecule has 3 aliphatic rings. The Morgan fingerprint density at radius 2 is 1.96 bits per heavy atom. The Morgan fingerprint density at radius 1 is 1.20 bits per heavy atom. The lowest BCUT2D eigenvalue weighted by molar-refractivity contribution is -0.00411. The average molecular weight is 369 g/mol. The molecule has 0 aromatic carbocycles. The summed E-state index contributed by atoms with van der Waals surface area (Å²) in [5.41, 5.74) is 1.72. The minimum Gasteiger partial charge on any atom is -0.381 e. The van der Waals surface area contributed by atoms with Gasteiger partial charge in [0.25, 0.3) is 0 Å². The average Bonchev–Trinajstić information content (AvgIpc) is 3.27. The lowest BCUT2D eigenvalue weighted by Gasteiger charge is -2.42. The Balaban J connectivity index is 1.49. The zero-order valence-corrected chi connectivity index (χ0v) is 15.4. The molecule has 7 nitrogen and oxygen atoms in total. The highest BCUT2D eigenvalue weighted by molar-refractivity contribution is 7.92. The predicted molar refractivity (Wildman–Crippen MR) is 95.7 cm³/mol. The van der Waals surface area contributed by atoms with Crippen molar-refractivity contribution in [2.24, 2.45) is 14.9 Å². The zero-order valence-electron chi connectivity index (χ0n) is 14.6. The molecule has 2 saturated heterocycles. The molecule has 4 rings (SSSR count). The first kappa shape index (κ1) is 17.5. The molecule has 3 fully saturated rings. The van der Waals surface area contributed by atoms with Crippen molar-refractivity contribution in [1.29, 1.82) is 0 Å². The second-order valence-electron chi connectivity index (χ2n) is 7.67. The number of nitrogens with one attached hydrogen (secondary N) is 1. The van der Waals surface area contributed by atoms with Crippen molar-refractivity contribution < 1.29 is 13.7 Å². The Kier molecular flexibility index (Phi) is 4.87. The molecular formula is C17H28N4O3S. The number of rotatable bonds is 3. The largest absolute Gasteiger partial charge is 0.381 e. The zero-order chi connectivity index (χ0) is 17.3. The standard InChI is InChI=1S/C17H28N4O3S/c18-25(22,13-3-5-17(6-4-13)7-10-23-11-8-17)21-14-12-19-20-16(14)15-2-1-9-24-15/h12-13,15H,1-11H2,(H,19,20)(H2,18,21,22). The van der Waals surface area contributed by atoms with Gasteiger partial charge in [0.05, 0.1) is 5.25 Å². The minimum absolute atomic E-state index is 0.0479. The van der Waals surface area contributed by atoms with Crippen LogP contribution in [0.5, 0.6) is 0 Å². The van der Waals surface area contributed by atoms with E-state index < -0.39 is 9.92 Å². The molecule has 2 atom stereocenters. The van der Waals surface area contributed by atoms with Gasteiger partial charge in [-0.3, -0.25) is 5.10 Å². The number of hydrogen-bond acceptors (Lipinski definition) is 5. The maximum atomic E-state index is 13.2. The van der Waals surface area contributed by atoms with Crippen LogP contribution in [0.2, 0.25) is 0 Å². The Labute approximate surface area is 149 Å². The summed E-state index contributed by atoms with van der Waals surface area (Å²) < 4.78 is 28.8. The van der Waals surface area contributed by atoms with Crippen LogP contribution in [0.4, 0.5) is 5.69 Å². The summed E-state index contributed by atoms with van der Waals surface area (Å²) in [5.74, 6) is 0. The highest BCUT2D eigenvalue weighted by atomic mass is 32.2. The first-order valence-corrected chi connectivity index (χ1v) is 11.0. The summed E-state index contributed by atoms with van der Waals surface area (Å²) in [5, 5.41) is 13.3. The van der Waals surface area contributed by atoms with Gasteiger partial charge < -0.3 is 9.47 Å². The van der Waals surface area contributed by atoms with Crippen molar-refractivity contribution in [1.82, 2.24) is 10.2 Å². The lowest BCUT2D eigenvalue weighted by Crippen LogP contribution is -2.39. The van der Waals surface area contributed by atoms with Crippen LogP contribution in [-0.4, -0.2) is 39.5 Å². The van der Waals surface area contributed by atoms with Crippen LogP contribution in [0.25, 0.3) is 0 Å². The Hall–Kier alpha value is -0.960. The Bertz CT molecular complexity index is 703. The first-order valence-electron chi connectivity index (χ1n) is 9.35. The number of ether oxygens (including phenoxy) is 2. The first-order chi connectivity index (χ1) is 12.1. The Morgan fingerprint density at radius 3 is 2.64 bits per heavy atom. The second kappa shape index (κ2) is 6.98. The van der Waals surface area contributed by atoms with Crippen LogP contribution in [0, 0.1) is 5.41 Å². The fraction of sp³-hybridized carbons (Fsp3) is 0.824. The molecule has 1 aromatic rings. The van der Waals surface area contributed by atoms with E-state index in [1.54, 1.807) is 6.20 Å². The highest BCUT2D eigenvalue weighted by Crippen LogP contribution is 2.45. The third-order valence-electron chi connectivity index (χ3n) is 6.15. The molecule has 1 spiro atoms. The van der Waals surface area contributed by atoms with E-state index >= 15 is 0 Å². The molecule has 0 bridgehead atoms. The smallest absolute Gasteiger partial charge is 0.118 e. The van der Waals surface area contributed by atoms with E-state index in [1.807, 2.05) is 0 Å². The molecule has 3 heterocycles. The van der Waals surface area contributed by atoms with Crippen LogP contribution in [-0.2, 0) is 19.4 Å². The van der Waals surface area contributed by atoms with Crippen molar-refractivity contribution in [3.05, 3.63) is 11.9 Å². The quantitative estimate of drug-likeness (QED) is 0.856. The minimum atomic E-state index is -2.79. The maximum Gasteiger partial charge on any atom is 0.118 e. The van der Waals surface area contributed by atoms with Gasteiger partial charge in [-0.15, -0.1) is 0 Å². The van der Waals surface area contributed by atoms with Crippen LogP contribution < -0.4 is 5.14 Å². The van der Waals surface area contributed by atoms with E-state index in [0.717, 1.165) is 76.9 Å². The van der Waals surface area contributed by atoms with Crippen molar-refractivity contribution in [2.75, 3.05) is 19.8 Å². The van der Waals surface area contributed by atoms with Crippen LogP contribution in [0.3, 0.4) is 0 Å². The number of hydrogen-bond donors (Lipinski definition) is 2. The molecular weight excluding hydrogens is 340 g/mol. The molecule has 1 aromatic heterocycles. The van der Waals surface area contributed by atoms with Gasteiger partial charge in [0, 0.05) is 26.0 Å². The van der Waals surface area contributed by atoms with Gasteiger partial charge in [-0.05, 0) is 56.8 Å². The van der Waals surface area contributed by atoms with E-state index in [9.17, 15) is 4.21 Å². The summed E-state index contributed by atoms with van der Waals surface area (Å²) in [4.78, 5) is 0. The molecule has 25 heavy (non-hydrogen) atoms. The summed E-state index contributed by atoms with van der Waals surface area (Å²) in [6.07, 6.45) is 9.72. The molecule has 2 aliphatic heterocycles. The molecule has 0 radical (unpaired) electrons. The van der Waals surface area contributed by atoms with Crippen molar-refractivity contribution in [3.63, 3.8) is 0 Å². The van der Waals surface area contributed by atoms with E-state index in [1.165, 1.54) is 0 Å². The van der Waals surface area contributed by atoms with Gasteiger partial charge in [0.1, 0.15) is 27.4 Å². The lowest BCUT2D eigenvalue weighted by atomic mass is 9.69. The van der Waals surface area contributed by atoms with Crippen LogP contribution in [0.15, 0.2) is 10.6 Å². The van der Waals surface area contributed by atoms with Gasteiger partial charge in [-0.25, -0.2) is 9.35 Å². The highest BCUT2D eigenvalue weighted by Gasteiger charge is 2.39. The van der Waals surface area contributed by atoms with E-state index in [2.05, 4.69) is 14.6 Å². The summed E-state index contributed by atoms with van der Waals surface area (Å²) >= 11 is 0. The van der Waals surface area contributed by atoms with E-state index in [-0.39, 0.29) is 11.4 Å². The number of aromatic nitrogens is 2. The molecule has 2 unspecified atom stereocenters. The molecule has 8 heteroatoms. The summed E-state index contributed by atoms with van der Waals surface area (Å²) in [6.45, 7) is 2.45. The number of H-pyrrole nitrogens is 1. The number of nitrogens with zero attached hydrogens (tertiary/aromatic N) is 2. The molecule has 0 amide bonds. The second-order valence-corrected chi connectivity index (χ2v) is 9.75. The normalized spacial score (nSPS) is 29.6. The van der Waals surface area contributed by atoms with E-state index in [4.69, 9.17) is 14.6 Å².